The summed E-state index contributed by atoms with van der Waals surface area (Å²) in [6, 6.07) is 22.7. The quantitative estimate of drug-likeness (QED) is 0.377. The Bertz CT molecular complexity index is 1360. The monoisotopic (exact) mass is 440 g/mol. The van der Waals surface area contributed by atoms with Crippen LogP contribution in [-0.4, -0.2) is 30.8 Å². The Morgan fingerprint density at radius 1 is 1.03 bits per heavy atom. The van der Waals surface area contributed by atoms with Gasteiger partial charge in [-0.1, -0.05) is 53.7 Å². The van der Waals surface area contributed by atoms with Gasteiger partial charge in [-0.2, -0.15) is 0 Å². The highest BCUT2D eigenvalue weighted by Crippen LogP contribution is 2.28. The molecule has 3 aromatic heterocycles. The summed E-state index contributed by atoms with van der Waals surface area (Å²) in [5.74, 6) is 0.0648. The van der Waals surface area contributed by atoms with Crippen LogP contribution in [0.25, 0.3) is 17.0 Å². The number of aromatic nitrogens is 4. The molecule has 0 aliphatic carbocycles. The van der Waals surface area contributed by atoms with Crippen molar-refractivity contribution in [2.24, 2.45) is 0 Å². The van der Waals surface area contributed by atoms with Crippen LogP contribution in [0.5, 0.6) is 5.75 Å². The summed E-state index contributed by atoms with van der Waals surface area (Å²) in [5, 5.41) is 17.7. The van der Waals surface area contributed by atoms with Gasteiger partial charge in [0.05, 0.1) is 12.1 Å². The molecule has 164 valence electrons. The summed E-state index contributed by atoms with van der Waals surface area (Å²) in [6.07, 6.45) is 3.27. The van der Waals surface area contributed by atoms with Gasteiger partial charge in [-0.3, -0.25) is 4.79 Å². The molecule has 8 nitrogen and oxygen atoms in total. The fourth-order valence-corrected chi connectivity index (χ4v) is 3.65. The molecule has 0 aliphatic rings. The van der Waals surface area contributed by atoms with Crippen LogP contribution in [0.1, 0.15) is 29.2 Å². The van der Waals surface area contributed by atoms with Crippen molar-refractivity contribution < 1.29 is 19.2 Å². The van der Waals surface area contributed by atoms with Gasteiger partial charge in [0.15, 0.2) is 11.5 Å². The first-order chi connectivity index (χ1) is 16.2. The molecule has 3 heterocycles. The predicted octanol–water partition coefficient (Wildman–Crippen LogP) is 4.57. The zero-order valence-electron chi connectivity index (χ0n) is 17.5. The molecule has 0 fully saturated rings. The number of carboxylic acid groups (broad SMARTS) is 1. The van der Waals surface area contributed by atoms with Gasteiger partial charge in [-0.15, -0.1) is 5.10 Å². The topological polar surface area (TPSA) is 103 Å². The van der Waals surface area contributed by atoms with E-state index in [0.29, 0.717) is 23.9 Å². The molecular weight excluding hydrogens is 420 g/mol. The van der Waals surface area contributed by atoms with Crippen LogP contribution in [0.15, 0.2) is 89.8 Å². The highest BCUT2D eigenvalue weighted by Gasteiger charge is 2.20. The van der Waals surface area contributed by atoms with E-state index in [4.69, 9.17) is 9.26 Å². The summed E-state index contributed by atoms with van der Waals surface area (Å²) >= 11 is 0. The molecule has 0 saturated heterocycles. The van der Waals surface area contributed by atoms with Crippen molar-refractivity contribution in [3.63, 3.8) is 0 Å². The zero-order valence-corrected chi connectivity index (χ0v) is 17.5. The summed E-state index contributed by atoms with van der Waals surface area (Å²) in [4.78, 5) is 15.9. The van der Waals surface area contributed by atoms with Crippen LogP contribution < -0.4 is 4.74 Å². The Hall–Kier alpha value is -4.46. The normalized spacial score (nSPS) is 12.0. The minimum Gasteiger partial charge on any atom is -0.489 e. The Kier molecular flexibility index (Phi) is 5.55. The van der Waals surface area contributed by atoms with Gasteiger partial charge in [-0.05, 0) is 23.8 Å². The van der Waals surface area contributed by atoms with Crippen LogP contribution in [0.4, 0.5) is 0 Å². The number of hydrogen-bond acceptors (Lipinski definition) is 6. The Labute approximate surface area is 189 Å². The number of benzene rings is 2. The van der Waals surface area contributed by atoms with E-state index >= 15 is 0 Å². The van der Waals surface area contributed by atoms with Crippen LogP contribution >= 0.6 is 0 Å². The van der Waals surface area contributed by atoms with Gasteiger partial charge < -0.3 is 14.4 Å². The lowest BCUT2D eigenvalue weighted by Crippen LogP contribution is -2.08. The molecule has 33 heavy (non-hydrogen) atoms. The fourth-order valence-electron chi connectivity index (χ4n) is 3.65. The number of pyridine rings is 1. The zero-order chi connectivity index (χ0) is 22.6. The molecule has 0 spiro atoms. The van der Waals surface area contributed by atoms with E-state index in [2.05, 4.69) is 15.2 Å². The van der Waals surface area contributed by atoms with E-state index < -0.39 is 5.97 Å². The number of fused-ring (bicyclic) bond motifs is 1. The van der Waals surface area contributed by atoms with Crippen molar-refractivity contribution in [2.75, 3.05) is 0 Å². The van der Waals surface area contributed by atoms with E-state index in [1.54, 1.807) is 10.6 Å². The lowest BCUT2D eigenvalue weighted by molar-refractivity contribution is -0.137. The maximum absolute atomic E-state index is 11.3. The number of hydrogen-bond donors (Lipinski definition) is 1. The van der Waals surface area contributed by atoms with Gasteiger partial charge in [0.1, 0.15) is 18.6 Å². The molecule has 1 atom stereocenters. The number of aliphatic carboxylic acids is 1. The molecular formula is C25H20N4O4. The predicted molar refractivity (Wildman–Crippen MR) is 120 cm³/mol. The van der Waals surface area contributed by atoms with Crippen molar-refractivity contribution in [1.82, 2.24) is 19.8 Å². The SMILES string of the molecule is O=C(O)C[C@@H](c1ccc(OCc2ccc3nc(-c4ccccc4)nn3c2)cc1)c1ccon1. The second-order valence-corrected chi connectivity index (χ2v) is 7.57. The van der Waals surface area contributed by atoms with Crippen LogP contribution in [0.2, 0.25) is 0 Å². The Balaban J connectivity index is 1.28. The average Bonchev–Trinajstić information content (AvgIpc) is 3.52. The average molecular weight is 440 g/mol. The smallest absolute Gasteiger partial charge is 0.304 e. The molecule has 0 bridgehead atoms. The molecule has 8 heteroatoms. The van der Waals surface area contributed by atoms with E-state index in [0.717, 1.165) is 22.3 Å². The molecule has 5 aromatic rings. The first-order valence-electron chi connectivity index (χ1n) is 10.4. The Morgan fingerprint density at radius 3 is 2.58 bits per heavy atom. The van der Waals surface area contributed by atoms with Crippen molar-refractivity contribution in [1.29, 1.82) is 0 Å². The maximum atomic E-state index is 11.3. The van der Waals surface area contributed by atoms with Crippen LogP contribution in [0, 0.1) is 0 Å². The third-order valence-electron chi connectivity index (χ3n) is 5.31. The van der Waals surface area contributed by atoms with Crippen molar-refractivity contribution in [3.8, 4) is 17.1 Å². The Morgan fingerprint density at radius 2 is 1.85 bits per heavy atom. The van der Waals surface area contributed by atoms with Gasteiger partial charge in [0, 0.05) is 29.3 Å². The van der Waals surface area contributed by atoms with Crippen LogP contribution in [0.3, 0.4) is 0 Å². The second-order valence-electron chi connectivity index (χ2n) is 7.57. The van der Waals surface area contributed by atoms with E-state index in [9.17, 15) is 9.90 Å². The van der Waals surface area contributed by atoms with Gasteiger partial charge in [-0.25, -0.2) is 9.50 Å². The third-order valence-corrected chi connectivity index (χ3v) is 5.31. The highest BCUT2D eigenvalue weighted by atomic mass is 16.5. The molecule has 0 radical (unpaired) electrons. The second kappa shape index (κ2) is 8.96. The minimum absolute atomic E-state index is 0.0738. The lowest BCUT2D eigenvalue weighted by atomic mass is 9.92. The fraction of sp³-hybridized carbons (Fsp3) is 0.120. The number of carbonyl (C=O) groups is 1. The van der Waals surface area contributed by atoms with E-state index in [-0.39, 0.29) is 12.3 Å². The number of carboxylic acids is 1. The summed E-state index contributed by atoms with van der Waals surface area (Å²) in [7, 11) is 0. The van der Waals surface area contributed by atoms with Gasteiger partial charge >= 0.3 is 5.97 Å². The number of rotatable bonds is 8. The summed E-state index contributed by atoms with van der Waals surface area (Å²) in [6.45, 7) is 0.359. The molecule has 2 aromatic carbocycles. The summed E-state index contributed by atoms with van der Waals surface area (Å²) in [5.41, 5.74) is 4.09. The lowest BCUT2D eigenvalue weighted by Gasteiger charge is -2.13. The van der Waals surface area contributed by atoms with Crippen molar-refractivity contribution in [2.45, 2.75) is 18.9 Å². The van der Waals surface area contributed by atoms with E-state index in [1.165, 1.54) is 6.26 Å². The molecule has 0 amide bonds. The highest BCUT2D eigenvalue weighted by molar-refractivity contribution is 5.69. The minimum atomic E-state index is -0.901. The first-order valence-corrected chi connectivity index (χ1v) is 10.4. The van der Waals surface area contributed by atoms with Gasteiger partial charge in [0.25, 0.3) is 0 Å². The number of nitrogens with zero attached hydrogens (tertiary/aromatic N) is 4. The van der Waals surface area contributed by atoms with Crippen LogP contribution in [-0.2, 0) is 11.4 Å². The largest absolute Gasteiger partial charge is 0.489 e. The standard InChI is InChI=1S/C25H20N4O4/c30-24(31)14-21(22-12-13-33-28-22)18-7-9-20(10-8-18)32-16-17-6-11-23-26-25(27-29(23)15-17)19-4-2-1-3-5-19/h1-13,15,21H,14,16H2,(H,30,31)/t21-/m0/s1. The number of ether oxygens (including phenoxy) is 1. The molecule has 1 N–H and O–H groups in total. The van der Waals surface area contributed by atoms with Gasteiger partial charge in [0.2, 0.25) is 0 Å². The molecule has 0 saturated carbocycles. The first kappa shape index (κ1) is 20.4. The maximum Gasteiger partial charge on any atom is 0.304 e. The summed E-state index contributed by atoms with van der Waals surface area (Å²) < 4.78 is 12.6. The van der Waals surface area contributed by atoms with Crippen molar-refractivity contribution in [3.05, 3.63) is 102 Å². The molecule has 0 unspecified atom stereocenters. The molecule has 5 rings (SSSR count). The third kappa shape index (κ3) is 4.59. The van der Waals surface area contributed by atoms with Crippen molar-refractivity contribution >= 4 is 11.6 Å². The van der Waals surface area contributed by atoms with E-state index in [1.807, 2.05) is 72.9 Å². The molecule has 0 aliphatic heterocycles.